The first-order valence-corrected chi connectivity index (χ1v) is 10.4. The number of Topliss-reactive ketones (excluding diaryl/α,β-unsaturated/α-hetero) is 1. The average molecular weight is 434 g/mol. The quantitative estimate of drug-likeness (QED) is 0.649. The molecule has 2 unspecified atom stereocenters. The van der Waals surface area contributed by atoms with E-state index >= 15 is 0 Å². The molecule has 2 aromatic carbocycles. The van der Waals surface area contributed by atoms with Crippen molar-refractivity contribution in [3.63, 3.8) is 0 Å². The second kappa shape index (κ2) is 5.66. The summed E-state index contributed by atoms with van der Waals surface area (Å²) in [5.41, 5.74) is -1.92. The van der Waals surface area contributed by atoms with Crippen LogP contribution in [0.1, 0.15) is 54.7 Å². The minimum atomic E-state index is -2.11. The van der Waals surface area contributed by atoms with Gasteiger partial charge in [0.1, 0.15) is 45.5 Å². The Balaban J connectivity index is 1.49. The number of fused-ring (bicyclic) bond motifs is 6. The largest absolute Gasteiger partial charge is 0.506 e. The van der Waals surface area contributed by atoms with Gasteiger partial charge in [-0.25, -0.2) is 0 Å². The van der Waals surface area contributed by atoms with Gasteiger partial charge in [0.05, 0.1) is 5.56 Å². The smallest absolute Gasteiger partial charge is 0.281 e. The summed E-state index contributed by atoms with van der Waals surface area (Å²) in [4.78, 5) is 13.6. The fourth-order valence-corrected chi connectivity index (χ4v) is 4.57. The molecule has 0 bridgehead atoms. The van der Waals surface area contributed by atoms with Gasteiger partial charge >= 0.3 is 0 Å². The van der Waals surface area contributed by atoms with Crippen LogP contribution in [0.5, 0.6) is 28.7 Å². The van der Waals surface area contributed by atoms with Crippen molar-refractivity contribution in [3.05, 3.63) is 52.6 Å². The van der Waals surface area contributed by atoms with Gasteiger partial charge < -0.3 is 29.2 Å². The zero-order valence-corrected chi connectivity index (χ0v) is 18.1. The molecule has 7 nitrogen and oxygen atoms in total. The molecular formula is C25H22O7. The van der Waals surface area contributed by atoms with Gasteiger partial charge in [0.25, 0.3) is 6.29 Å². The molecule has 4 heterocycles. The molecule has 0 spiro atoms. The van der Waals surface area contributed by atoms with Crippen LogP contribution in [0.4, 0.5) is 0 Å². The second-order valence-electron chi connectivity index (χ2n) is 9.64. The molecule has 164 valence electrons. The third kappa shape index (κ3) is 2.42. The lowest BCUT2D eigenvalue weighted by Crippen LogP contribution is -2.51. The van der Waals surface area contributed by atoms with Gasteiger partial charge in [-0.05, 0) is 52.0 Å². The second-order valence-corrected chi connectivity index (χ2v) is 9.64. The molecule has 6 rings (SSSR count). The van der Waals surface area contributed by atoms with Crippen molar-refractivity contribution in [2.24, 2.45) is 0 Å². The molecule has 2 N–H and O–H groups in total. The van der Waals surface area contributed by atoms with E-state index < -0.39 is 28.9 Å². The average Bonchev–Trinajstić information content (AvgIpc) is 2.97. The summed E-state index contributed by atoms with van der Waals surface area (Å²) in [6.45, 7) is 7.62. The SMILES string of the molecule is CC1(C)C=Cc2cc3c(cc2O1)OC1Oc2cc4c(c(O)c2C(=O)C31O)C=CC(C)(C)O4. The number of ketones is 1. The number of aromatic hydroxyl groups is 1. The Hall–Kier alpha value is -3.45. The zero-order valence-electron chi connectivity index (χ0n) is 18.1. The molecule has 0 radical (unpaired) electrons. The number of hydrogen-bond acceptors (Lipinski definition) is 7. The van der Waals surface area contributed by atoms with E-state index in [2.05, 4.69) is 0 Å². The van der Waals surface area contributed by atoms with Crippen LogP contribution in [0, 0.1) is 0 Å². The Morgan fingerprint density at radius 3 is 2.22 bits per heavy atom. The van der Waals surface area contributed by atoms with Crippen LogP contribution in [0.2, 0.25) is 0 Å². The highest BCUT2D eigenvalue weighted by molar-refractivity contribution is 6.10. The molecule has 7 heteroatoms. The molecule has 0 amide bonds. The third-order valence-corrected chi connectivity index (χ3v) is 6.23. The maximum Gasteiger partial charge on any atom is 0.281 e. The lowest BCUT2D eigenvalue weighted by atomic mass is 9.82. The van der Waals surface area contributed by atoms with Crippen LogP contribution < -0.4 is 18.9 Å². The highest BCUT2D eigenvalue weighted by Gasteiger charge is 2.60. The predicted molar refractivity (Wildman–Crippen MR) is 115 cm³/mol. The van der Waals surface area contributed by atoms with Gasteiger partial charge in [-0.15, -0.1) is 0 Å². The van der Waals surface area contributed by atoms with Crippen LogP contribution in [-0.4, -0.2) is 33.5 Å². The van der Waals surface area contributed by atoms with Crippen LogP contribution >= 0.6 is 0 Å². The summed E-state index contributed by atoms with van der Waals surface area (Å²) >= 11 is 0. The van der Waals surface area contributed by atoms with Crippen molar-refractivity contribution in [3.8, 4) is 28.7 Å². The number of phenols is 1. The van der Waals surface area contributed by atoms with Crippen molar-refractivity contribution < 1.29 is 34.0 Å². The Labute approximate surface area is 184 Å². The summed E-state index contributed by atoms with van der Waals surface area (Å²) in [6.07, 6.45) is 5.98. The van der Waals surface area contributed by atoms with Gasteiger partial charge in [-0.2, -0.15) is 0 Å². The number of carbonyl (C=O) groups is 1. The van der Waals surface area contributed by atoms with E-state index in [9.17, 15) is 15.0 Å². The number of phenolic OH excluding ortho intramolecular Hbond substituents is 1. The van der Waals surface area contributed by atoms with E-state index in [1.54, 1.807) is 30.4 Å². The molecule has 0 fully saturated rings. The minimum absolute atomic E-state index is 0.0990. The first kappa shape index (κ1) is 19.3. The van der Waals surface area contributed by atoms with Crippen molar-refractivity contribution >= 4 is 17.9 Å². The highest BCUT2D eigenvalue weighted by Crippen LogP contribution is 2.54. The standard InChI is InChI=1S/C25H22O7/c1-23(2)7-5-12-9-14-17(10-15(12)31-23)29-22-25(14,28)21(27)19-18(30-22)11-16-13(20(19)26)6-8-24(3,4)32-16/h5-11,22,26,28H,1-4H3. The van der Waals surface area contributed by atoms with Crippen LogP contribution in [0.25, 0.3) is 12.2 Å². The first-order chi connectivity index (χ1) is 15.0. The lowest BCUT2D eigenvalue weighted by Gasteiger charge is -2.35. The first-order valence-electron chi connectivity index (χ1n) is 10.4. The van der Waals surface area contributed by atoms with Crippen LogP contribution in [0.15, 0.2) is 30.4 Å². The van der Waals surface area contributed by atoms with E-state index in [1.165, 1.54) is 0 Å². The van der Waals surface area contributed by atoms with Crippen LogP contribution in [-0.2, 0) is 5.60 Å². The molecule has 0 saturated carbocycles. The molecule has 4 aliphatic heterocycles. The number of hydrogen-bond donors (Lipinski definition) is 2. The third-order valence-electron chi connectivity index (χ3n) is 6.23. The van der Waals surface area contributed by atoms with Crippen molar-refractivity contribution in [1.29, 1.82) is 0 Å². The van der Waals surface area contributed by atoms with Crippen molar-refractivity contribution in [2.75, 3.05) is 0 Å². The summed E-state index contributed by atoms with van der Waals surface area (Å²) in [6, 6.07) is 4.88. The van der Waals surface area contributed by atoms with Gasteiger partial charge in [0.15, 0.2) is 0 Å². The normalized spacial score (nSPS) is 26.9. The highest BCUT2D eigenvalue weighted by atomic mass is 16.7. The van der Waals surface area contributed by atoms with E-state index in [0.717, 1.165) is 0 Å². The molecule has 2 atom stereocenters. The predicted octanol–water partition coefficient (Wildman–Crippen LogP) is 3.94. The molecule has 32 heavy (non-hydrogen) atoms. The van der Waals surface area contributed by atoms with E-state index in [-0.39, 0.29) is 22.6 Å². The molecule has 2 aromatic rings. The zero-order chi connectivity index (χ0) is 22.6. The Kier molecular flexibility index (Phi) is 3.41. The summed E-state index contributed by atoms with van der Waals surface area (Å²) in [5.74, 6) is 0.382. The molecule has 0 aromatic heterocycles. The number of rotatable bonds is 0. The Morgan fingerprint density at radius 1 is 0.844 bits per heavy atom. The Bertz CT molecular complexity index is 1280. The van der Waals surface area contributed by atoms with E-state index in [1.807, 2.05) is 39.8 Å². The molecule has 0 saturated heterocycles. The number of ether oxygens (including phenoxy) is 4. The topological polar surface area (TPSA) is 94.5 Å². The van der Waals surface area contributed by atoms with Gasteiger partial charge in [-0.3, -0.25) is 4.79 Å². The number of carbonyl (C=O) groups excluding carboxylic acids is 1. The van der Waals surface area contributed by atoms with Crippen molar-refractivity contribution in [2.45, 2.75) is 50.8 Å². The van der Waals surface area contributed by atoms with Gasteiger partial charge in [-0.1, -0.05) is 6.08 Å². The van der Waals surface area contributed by atoms with Crippen molar-refractivity contribution in [1.82, 2.24) is 0 Å². The molecule has 0 aliphatic carbocycles. The van der Waals surface area contributed by atoms with E-state index in [0.29, 0.717) is 28.4 Å². The van der Waals surface area contributed by atoms with E-state index in [4.69, 9.17) is 18.9 Å². The van der Waals surface area contributed by atoms with Gasteiger partial charge in [0, 0.05) is 23.3 Å². The summed E-state index contributed by atoms with van der Waals surface area (Å²) in [7, 11) is 0. The minimum Gasteiger partial charge on any atom is -0.506 e. The lowest BCUT2D eigenvalue weighted by molar-refractivity contribution is -0.118. The molecular weight excluding hydrogens is 412 g/mol. The molecule has 4 aliphatic rings. The summed E-state index contributed by atoms with van der Waals surface area (Å²) in [5, 5.41) is 22.5. The van der Waals surface area contributed by atoms with Crippen LogP contribution in [0.3, 0.4) is 0 Å². The fourth-order valence-electron chi connectivity index (χ4n) is 4.57. The number of aliphatic hydroxyl groups is 1. The monoisotopic (exact) mass is 434 g/mol. The maximum atomic E-state index is 13.6. The van der Waals surface area contributed by atoms with Gasteiger partial charge in [0.2, 0.25) is 11.4 Å². The Morgan fingerprint density at radius 2 is 1.47 bits per heavy atom. The maximum absolute atomic E-state index is 13.6. The fraction of sp³-hybridized carbons (Fsp3) is 0.320. The number of benzene rings is 2. The summed E-state index contributed by atoms with van der Waals surface area (Å²) < 4.78 is 23.7.